The first-order valence-corrected chi connectivity index (χ1v) is 9.22. The van der Waals surface area contributed by atoms with E-state index in [2.05, 4.69) is 5.32 Å². The highest BCUT2D eigenvalue weighted by Crippen LogP contribution is 2.31. The van der Waals surface area contributed by atoms with Gasteiger partial charge in [0.25, 0.3) is 11.8 Å². The third-order valence-electron chi connectivity index (χ3n) is 4.62. The van der Waals surface area contributed by atoms with Crippen LogP contribution >= 0.6 is 0 Å². The summed E-state index contributed by atoms with van der Waals surface area (Å²) >= 11 is 0. The minimum Gasteiger partial charge on any atom is -0.465 e. The van der Waals surface area contributed by atoms with Gasteiger partial charge in [0.15, 0.2) is 0 Å². The van der Waals surface area contributed by atoms with E-state index in [9.17, 15) is 27.6 Å². The Hall–Kier alpha value is -4.14. The van der Waals surface area contributed by atoms with Crippen molar-refractivity contribution in [3.05, 3.63) is 89.0 Å². The maximum absolute atomic E-state index is 12.8. The number of hydrogen-bond acceptors (Lipinski definition) is 4. The predicted octanol–water partition coefficient (Wildman–Crippen LogP) is 4.51. The first-order valence-electron chi connectivity index (χ1n) is 9.22. The molecular formula is C23H17F3N2O4. The van der Waals surface area contributed by atoms with Gasteiger partial charge in [-0.2, -0.15) is 13.2 Å². The standard InChI is InChI=1S/C23H17F3N2O4/c1-32-22(31)17-11-15(13-5-3-2-4-6-13)12-18(19(17)20(27)29)28-21(30)14-7-9-16(10-8-14)23(24,25)26/h2-12H,1H3,(H2,27,29)(H,28,30). The molecule has 164 valence electrons. The van der Waals surface area contributed by atoms with Crippen molar-refractivity contribution in [1.29, 1.82) is 0 Å². The molecule has 3 aromatic rings. The molecule has 0 spiro atoms. The zero-order chi connectivity index (χ0) is 23.5. The van der Waals surface area contributed by atoms with E-state index in [1.165, 1.54) is 12.1 Å². The summed E-state index contributed by atoms with van der Waals surface area (Å²) in [5.74, 6) is -2.63. The Balaban J connectivity index is 2.08. The van der Waals surface area contributed by atoms with Crippen molar-refractivity contribution in [2.45, 2.75) is 6.18 Å². The van der Waals surface area contributed by atoms with E-state index < -0.39 is 29.5 Å². The fourth-order valence-corrected chi connectivity index (χ4v) is 3.08. The highest BCUT2D eigenvalue weighted by molar-refractivity contribution is 6.14. The molecule has 0 bridgehead atoms. The minimum atomic E-state index is -4.55. The summed E-state index contributed by atoms with van der Waals surface area (Å²) in [6, 6.07) is 15.2. The van der Waals surface area contributed by atoms with Gasteiger partial charge in [0, 0.05) is 5.56 Å². The van der Waals surface area contributed by atoms with Gasteiger partial charge in [0.2, 0.25) is 0 Å². The summed E-state index contributed by atoms with van der Waals surface area (Å²) in [6.45, 7) is 0. The molecule has 3 aromatic carbocycles. The second kappa shape index (κ2) is 8.93. The molecule has 0 aliphatic rings. The predicted molar refractivity (Wildman–Crippen MR) is 111 cm³/mol. The van der Waals surface area contributed by atoms with Gasteiger partial charge in [-0.15, -0.1) is 0 Å². The molecule has 0 saturated carbocycles. The Morgan fingerprint density at radius 3 is 2.06 bits per heavy atom. The molecular weight excluding hydrogens is 425 g/mol. The van der Waals surface area contributed by atoms with E-state index >= 15 is 0 Å². The molecule has 0 atom stereocenters. The van der Waals surface area contributed by atoms with E-state index in [1.54, 1.807) is 30.3 Å². The number of amides is 2. The van der Waals surface area contributed by atoms with E-state index in [0.717, 1.165) is 31.4 Å². The number of anilines is 1. The molecule has 0 aromatic heterocycles. The number of ether oxygens (including phenoxy) is 1. The lowest BCUT2D eigenvalue weighted by Gasteiger charge is -2.15. The molecule has 3 N–H and O–H groups in total. The minimum absolute atomic E-state index is 0.0795. The van der Waals surface area contributed by atoms with Gasteiger partial charge in [-0.3, -0.25) is 9.59 Å². The number of esters is 1. The van der Waals surface area contributed by atoms with Gasteiger partial charge < -0.3 is 15.8 Å². The van der Waals surface area contributed by atoms with Gasteiger partial charge in [0.1, 0.15) is 0 Å². The van der Waals surface area contributed by atoms with Gasteiger partial charge in [-0.05, 0) is 47.5 Å². The number of halogens is 3. The number of hydrogen-bond donors (Lipinski definition) is 2. The van der Waals surface area contributed by atoms with Crippen LogP contribution in [0.3, 0.4) is 0 Å². The Morgan fingerprint density at radius 1 is 0.906 bits per heavy atom. The lowest BCUT2D eigenvalue weighted by Crippen LogP contribution is -2.22. The summed E-state index contributed by atoms with van der Waals surface area (Å²) in [5, 5.41) is 2.47. The number of primary amides is 1. The number of carbonyl (C=O) groups excluding carboxylic acids is 3. The maximum Gasteiger partial charge on any atom is 0.416 e. The zero-order valence-electron chi connectivity index (χ0n) is 16.7. The molecule has 0 aliphatic carbocycles. The molecule has 32 heavy (non-hydrogen) atoms. The van der Waals surface area contributed by atoms with Crippen molar-refractivity contribution >= 4 is 23.5 Å². The SMILES string of the molecule is COC(=O)c1cc(-c2ccccc2)cc(NC(=O)c2ccc(C(F)(F)F)cc2)c1C(N)=O. The lowest BCUT2D eigenvalue weighted by atomic mass is 9.96. The molecule has 0 aliphatic heterocycles. The number of rotatable bonds is 5. The molecule has 0 saturated heterocycles. The first-order chi connectivity index (χ1) is 15.1. The lowest BCUT2D eigenvalue weighted by molar-refractivity contribution is -0.137. The van der Waals surface area contributed by atoms with Crippen LogP contribution in [0.4, 0.5) is 18.9 Å². The van der Waals surface area contributed by atoms with Crippen molar-refractivity contribution in [2.24, 2.45) is 5.73 Å². The second-order valence-corrected chi connectivity index (χ2v) is 6.70. The molecule has 0 fully saturated rings. The fraction of sp³-hybridized carbons (Fsp3) is 0.0870. The zero-order valence-corrected chi connectivity index (χ0v) is 16.7. The van der Waals surface area contributed by atoms with Crippen LogP contribution in [-0.2, 0) is 10.9 Å². The number of benzene rings is 3. The van der Waals surface area contributed by atoms with Crippen molar-refractivity contribution in [1.82, 2.24) is 0 Å². The van der Waals surface area contributed by atoms with Crippen molar-refractivity contribution < 1.29 is 32.3 Å². The average molecular weight is 442 g/mol. The van der Waals surface area contributed by atoms with Gasteiger partial charge >= 0.3 is 12.1 Å². The smallest absolute Gasteiger partial charge is 0.416 e. The number of methoxy groups -OCH3 is 1. The summed E-state index contributed by atoms with van der Waals surface area (Å²) in [7, 11) is 1.13. The molecule has 0 heterocycles. The Kier molecular flexibility index (Phi) is 6.29. The van der Waals surface area contributed by atoms with Crippen molar-refractivity contribution in [3.63, 3.8) is 0 Å². The average Bonchev–Trinajstić information content (AvgIpc) is 2.77. The Labute approximate surface area is 180 Å². The topological polar surface area (TPSA) is 98.5 Å². The van der Waals surface area contributed by atoms with Crippen LogP contribution in [0.25, 0.3) is 11.1 Å². The molecule has 3 rings (SSSR count). The third kappa shape index (κ3) is 4.77. The summed E-state index contributed by atoms with van der Waals surface area (Å²) in [4.78, 5) is 37.1. The van der Waals surface area contributed by atoms with Gasteiger partial charge in [-0.1, -0.05) is 30.3 Å². The van der Waals surface area contributed by atoms with Crippen LogP contribution < -0.4 is 11.1 Å². The summed E-state index contributed by atoms with van der Waals surface area (Å²) in [6.07, 6.45) is -4.55. The highest BCUT2D eigenvalue weighted by atomic mass is 19.4. The van der Waals surface area contributed by atoms with E-state index in [-0.39, 0.29) is 22.4 Å². The number of nitrogens with two attached hydrogens (primary N) is 1. The Bertz CT molecular complexity index is 1170. The van der Waals surface area contributed by atoms with Crippen molar-refractivity contribution in [2.75, 3.05) is 12.4 Å². The molecule has 0 radical (unpaired) electrons. The molecule has 2 amide bonds. The summed E-state index contributed by atoms with van der Waals surface area (Å²) in [5.41, 5.74) is 5.10. The summed E-state index contributed by atoms with van der Waals surface area (Å²) < 4.78 is 43.1. The maximum atomic E-state index is 12.8. The van der Waals surface area contributed by atoms with Gasteiger partial charge in [-0.25, -0.2) is 4.79 Å². The quantitative estimate of drug-likeness (QED) is 0.568. The Morgan fingerprint density at radius 2 is 1.53 bits per heavy atom. The van der Waals surface area contributed by atoms with Crippen LogP contribution in [0.15, 0.2) is 66.7 Å². The van der Waals surface area contributed by atoms with Crippen LogP contribution in [0.5, 0.6) is 0 Å². The molecule has 6 nitrogen and oxygen atoms in total. The van der Waals surface area contributed by atoms with E-state index in [0.29, 0.717) is 11.1 Å². The van der Waals surface area contributed by atoms with Crippen molar-refractivity contribution in [3.8, 4) is 11.1 Å². The van der Waals surface area contributed by atoms with E-state index in [1.807, 2.05) is 0 Å². The molecule has 9 heteroatoms. The number of alkyl halides is 3. The normalized spacial score (nSPS) is 11.0. The van der Waals surface area contributed by atoms with Crippen LogP contribution in [0, 0.1) is 0 Å². The largest absolute Gasteiger partial charge is 0.465 e. The fourth-order valence-electron chi connectivity index (χ4n) is 3.08. The van der Waals surface area contributed by atoms with Crippen LogP contribution in [-0.4, -0.2) is 24.9 Å². The van der Waals surface area contributed by atoms with Gasteiger partial charge in [0.05, 0.1) is 29.5 Å². The number of nitrogens with one attached hydrogen (secondary N) is 1. The van der Waals surface area contributed by atoms with Crippen LogP contribution in [0.1, 0.15) is 36.6 Å². The first kappa shape index (κ1) is 22.5. The van der Waals surface area contributed by atoms with E-state index in [4.69, 9.17) is 10.5 Å². The molecule has 0 unspecified atom stereocenters. The highest BCUT2D eigenvalue weighted by Gasteiger charge is 2.30. The number of carbonyl (C=O) groups is 3. The monoisotopic (exact) mass is 442 g/mol. The second-order valence-electron chi connectivity index (χ2n) is 6.70. The third-order valence-corrected chi connectivity index (χ3v) is 4.62. The van der Waals surface area contributed by atoms with Crippen LogP contribution in [0.2, 0.25) is 0 Å².